The number of benzene rings is 1. The second-order valence-electron chi connectivity index (χ2n) is 8.07. The minimum atomic E-state index is -0.425. The number of hydrogen-bond donors (Lipinski definition) is 1. The molecule has 3 rings (SSSR count). The number of nitrogens with zero attached hydrogens (tertiary/aromatic N) is 2. The van der Waals surface area contributed by atoms with Crippen molar-refractivity contribution in [3.8, 4) is 0 Å². The number of carbonyl (C=O) groups excluding carboxylic acids is 2. The predicted octanol–water partition coefficient (Wildman–Crippen LogP) is 3.05. The van der Waals surface area contributed by atoms with Crippen LogP contribution in [0.1, 0.15) is 32.8 Å². The number of anilines is 1. The van der Waals surface area contributed by atoms with Gasteiger partial charge in [0.25, 0.3) is 0 Å². The summed E-state index contributed by atoms with van der Waals surface area (Å²) in [6.45, 7) is 9.21. The van der Waals surface area contributed by atoms with E-state index in [1.54, 1.807) is 17.0 Å². The molecule has 0 saturated carbocycles. The molecule has 0 atom stereocenters. The number of nitrogens with one attached hydrogen (secondary N) is 1. The molecular formula is C22H29N3O5. The van der Waals surface area contributed by atoms with Crippen molar-refractivity contribution in [2.24, 2.45) is 5.92 Å². The second kappa shape index (κ2) is 9.75. The fourth-order valence-corrected chi connectivity index (χ4v) is 3.52. The molecule has 2 amide bonds. The summed E-state index contributed by atoms with van der Waals surface area (Å²) < 4.78 is 10.7. The molecule has 1 aromatic carbocycles. The highest BCUT2D eigenvalue weighted by Gasteiger charge is 2.21. The maximum atomic E-state index is 12.2. The van der Waals surface area contributed by atoms with Gasteiger partial charge in [-0.05, 0) is 30.0 Å². The minimum Gasteiger partial charge on any atom is -0.449 e. The zero-order valence-corrected chi connectivity index (χ0v) is 17.8. The zero-order valence-electron chi connectivity index (χ0n) is 17.8. The third-order valence-corrected chi connectivity index (χ3v) is 4.93. The Hall–Kier alpha value is -2.87. The molecule has 1 fully saturated rings. The lowest BCUT2D eigenvalue weighted by molar-refractivity contribution is -0.114. The number of amides is 2. The van der Waals surface area contributed by atoms with Crippen LogP contribution in [0.3, 0.4) is 0 Å². The van der Waals surface area contributed by atoms with Crippen LogP contribution in [0.4, 0.5) is 10.5 Å². The molecule has 162 valence electrons. The first-order valence-corrected chi connectivity index (χ1v) is 10.3. The van der Waals surface area contributed by atoms with Crippen LogP contribution in [-0.2, 0) is 16.1 Å². The summed E-state index contributed by atoms with van der Waals surface area (Å²) in [5.41, 5.74) is 1.47. The first kappa shape index (κ1) is 21.8. The van der Waals surface area contributed by atoms with Gasteiger partial charge < -0.3 is 19.4 Å². The average Bonchev–Trinajstić information content (AvgIpc) is 2.91. The van der Waals surface area contributed by atoms with Crippen molar-refractivity contribution in [3.63, 3.8) is 0 Å². The topological polar surface area (TPSA) is 92.1 Å². The van der Waals surface area contributed by atoms with Gasteiger partial charge >= 0.3 is 11.7 Å². The van der Waals surface area contributed by atoms with Crippen molar-refractivity contribution in [3.05, 3.63) is 40.2 Å². The summed E-state index contributed by atoms with van der Waals surface area (Å²) in [6, 6.07) is 6.82. The molecule has 8 nitrogen and oxygen atoms in total. The number of fused-ring (bicyclic) bond motifs is 1. The van der Waals surface area contributed by atoms with E-state index in [-0.39, 0.29) is 12.0 Å². The van der Waals surface area contributed by atoms with Crippen molar-refractivity contribution in [2.75, 3.05) is 38.1 Å². The highest BCUT2D eigenvalue weighted by atomic mass is 16.6. The molecule has 2 aromatic rings. The summed E-state index contributed by atoms with van der Waals surface area (Å²) in [5, 5.41) is 3.53. The van der Waals surface area contributed by atoms with Crippen molar-refractivity contribution in [1.29, 1.82) is 0 Å². The molecule has 0 bridgehead atoms. The van der Waals surface area contributed by atoms with E-state index in [0.717, 1.165) is 23.9 Å². The van der Waals surface area contributed by atoms with E-state index in [1.807, 2.05) is 19.9 Å². The summed E-state index contributed by atoms with van der Waals surface area (Å²) in [5.74, 6) is 0.121. The van der Waals surface area contributed by atoms with Crippen LogP contribution in [0.15, 0.2) is 33.5 Å². The van der Waals surface area contributed by atoms with E-state index in [0.29, 0.717) is 50.0 Å². The molecule has 0 spiro atoms. The minimum absolute atomic E-state index is 0.186. The zero-order chi connectivity index (χ0) is 21.7. The van der Waals surface area contributed by atoms with Crippen LogP contribution < -0.4 is 10.9 Å². The SMILES string of the molecule is CC(=O)Nc1ccc2c(CN3CCCN(C(=O)OCC(C)C)CC3)cc(=O)oc2c1. The fourth-order valence-electron chi connectivity index (χ4n) is 3.52. The average molecular weight is 415 g/mol. The molecule has 0 radical (unpaired) electrons. The van der Waals surface area contributed by atoms with Gasteiger partial charge in [-0.2, -0.15) is 0 Å². The molecular weight excluding hydrogens is 386 g/mol. The van der Waals surface area contributed by atoms with Crippen molar-refractivity contribution >= 4 is 28.7 Å². The molecule has 30 heavy (non-hydrogen) atoms. The maximum Gasteiger partial charge on any atom is 0.409 e. The third kappa shape index (κ3) is 5.82. The van der Waals surface area contributed by atoms with Crippen molar-refractivity contribution < 1.29 is 18.7 Å². The van der Waals surface area contributed by atoms with Crippen LogP contribution in [0.2, 0.25) is 0 Å². The van der Waals surface area contributed by atoms with Gasteiger partial charge in [-0.25, -0.2) is 9.59 Å². The van der Waals surface area contributed by atoms with Crippen LogP contribution in [0, 0.1) is 5.92 Å². The largest absolute Gasteiger partial charge is 0.449 e. The van der Waals surface area contributed by atoms with Gasteiger partial charge in [0, 0.05) is 62.9 Å². The monoisotopic (exact) mass is 415 g/mol. The number of ether oxygens (including phenoxy) is 1. The van der Waals surface area contributed by atoms with Gasteiger partial charge in [-0.15, -0.1) is 0 Å². The van der Waals surface area contributed by atoms with E-state index < -0.39 is 5.63 Å². The molecule has 1 aliphatic heterocycles. The lowest BCUT2D eigenvalue weighted by Gasteiger charge is -2.22. The smallest absolute Gasteiger partial charge is 0.409 e. The first-order valence-electron chi connectivity index (χ1n) is 10.3. The van der Waals surface area contributed by atoms with Crippen LogP contribution >= 0.6 is 0 Å². The molecule has 1 aliphatic rings. The molecule has 1 N–H and O–H groups in total. The van der Waals surface area contributed by atoms with Crippen LogP contribution in [0.25, 0.3) is 11.0 Å². The molecule has 8 heteroatoms. The fraction of sp³-hybridized carbons (Fsp3) is 0.500. The van der Waals surface area contributed by atoms with Gasteiger partial charge in [0.15, 0.2) is 0 Å². The quantitative estimate of drug-likeness (QED) is 0.755. The lowest BCUT2D eigenvalue weighted by atomic mass is 10.1. The van der Waals surface area contributed by atoms with Crippen molar-refractivity contribution in [2.45, 2.75) is 33.7 Å². The Labute approximate surface area is 175 Å². The van der Waals surface area contributed by atoms with Crippen LogP contribution in [-0.4, -0.2) is 54.6 Å². The summed E-state index contributed by atoms with van der Waals surface area (Å²) >= 11 is 0. The number of carbonyl (C=O) groups is 2. The Kier molecular flexibility index (Phi) is 7.10. The molecule has 2 heterocycles. The van der Waals surface area contributed by atoms with Gasteiger partial charge in [-0.3, -0.25) is 9.69 Å². The van der Waals surface area contributed by atoms with Gasteiger partial charge in [0.05, 0.1) is 6.61 Å². The normalized spacial score (nSPS) is 15.3. The Bertz CT molecular complexity index is 969. The number of hydrogen-bond acceptors (Lipinski definition) is 6. The van der Waals surface area contributed by atoms with E-state index in [4.69, 9.17) is 9.15 Å². The molecule has 0 unspecified atom stereocenters. The highest BCUT2D eigenvalue weighted by Crippen LogP contribution is 2.23. The maximum absolute atomic E-state index is 12.2. The van der Waals surface area contributed by atoms with Gasteiger partial charge in [0.1, 0.15) is 5.58 Å². The molecule has 1 aromatic heterocycles. The van der Waals surface area contributed by atoms with E-state index in [9.17, 15) is 14.4 Å². The Morgan fingerprint density at radius 3 is 2.70 bits per heavy atom. The summed E-state index contributed by atoms with van der Waals surface area (Å²) in [6.07, 6.45) is 0.574. The molecule has 1 saturated heterocycles. The van der Waals surface area contributed by atoms with Crippen molar-refractivity contribution in [1.82, 2.24) is 9.80 Å². The third-order valence-electron chi connectivity index (χ3n) is 4.93. The predicted molar refractivity (Wildman–Crippen MR) is 114 cm³/mol. The Morgan fingerprint density at radius 2 is 1.97 bits per heavy atom. The van der Waals surface area contributed by atoms with Gasteiger partial charge in [0.2, 0.25) is 5.91 Å². The van der Waals surface area contributed by atoms with Crippen LogP contribution in [0.5, 0.6) is 0 Å². The Balaban J connectivity index is 1.70. The summed E-state index contributed by atoms with van der Waals surface area (Å²) in [4.78, 5) is 39.6. The van der Waals surface area contributed by atoms with E-state index in [2.05, 4.69) is 10.2 Å². The first-order chi connectivity index (χ1) is 14.3. The van der Waals surface area contributed by atoms with E-state index in [1.165, 1.54) is 13.0 Å². The standard InChI is InChI=1S/C22H29N3O5/c1-15(2)14-29-22(28)25-8-4-7-24(9-10-25)13-17-11-21(27)30-20-12-18(23-16(3)26)5-6-19(17)20/h5-6,11-12,15H,4,7-10,13-14H2,1-3H3,(H,23,26). The van der Waals surface area contributed by atoms with E-state index >= 15 is 0 Å². The van der Waals surface area contributed by atoms with Gasteiger partial charge in [-0.1, -0.05) is 13.8 Å². The molecule has 0 aliphatic carbocycles. The second-order valence-corrected chi connectivity index (χ2v) is 8.07. The summed E-state index contributed by atoms with van der Waals surface area (Å²) in [7, 11) is 0. The Morgan fingerprint density at radius 1 is 1.17 bits per heavy atom. The lowest BCUT2D eigenvalue weighted by Crippen LogP contribution is -2.36. The number of rotatable bonds is 5. The highest BCUT2D eigenvalue weighted by molar-refractivity contribution is 5.92.